The Labute approximate surface area is 195 Å². The fourth-order valence-electron chi connectivity index (χ4n) is 3.99. The van der Waals surface area contributed by atoms with Crippen LogP contribution >= 0.6 is 0 Å². The molecule has 1 atom stereocenters. The molecule has 0 radical (unpaired) electrons. The highest BCUT2D eigenvalue weighted by molar-refractivity contribution is 5.94. The van der Waals surface area contributed by atoms with Gasteiger partial charge in [-0.25, -0.2) is 4.98 Å². The van der Waals surface area contributed by atoms with E-state index in [0.717, 1.165) is 35.6 Å². The van der Waals surface area contributed by atoms with Crippen LogP contribution in [0.1, 0.15) is 53.5 Å². The first kappa shape index (κ1) is 22.6. The maximum Gasteiger partial charge on any atom is 0.251 e. The summed E-state index contributed by atoms with van der Waals surface area (Å²) in [6, 6.07) is 24.2. The number of carbonyl (C=O) groups is 1. The summed E-state index contributed by atoms with van der Waals surface area (Å²) in [5, 5.41) is 3.01. The van der Waals surface area contributed by atoms with E-state index < -0.39 is 0 Å². The lowest BCUT2D eigenvalue weighted by atomic mass is 9.98. The van der Waals surface area contributed by atoms with Crippen molar-refractivity contribution in [2.75, 3.05) is 13.7 Å². The molecule has 170 valence electrons. The minimum atomic E-state index is -0.0963. The average molecular weight is 442 g/mol. The molecule has 33 heavy (non-hydrogen) atoms. The third-order valence-electron chi connectivity index (χ3n) is 6.22. The molecule has 0 fully saturated rings. The Morgan fingerprint density at radius 2 is 1.76 bits per heavy atom. The summed E-state index contributed by atoms with van der Waals surface area (Å²) in [6.07, 6.45) is 1.79. The van der Waals surface area contributed by atoms with Crippen LogP contribution in [0.25, 0.3) is 11.0 Å². The zero-order valence-electron chi connectivity index (χ0n) is 19.5. The predicted molar refractivity (Wildman–Crippen MR) is 133 cm³/mol. The van der Waals surface area contributed by atoms with Gasteiger partial charge >= 0.3 is 0 Å². The van der Waals surface area contributed by atoms with Crippen molar-refractivity contribution < 1.29 is 9.53 Å². The number of benzene rings is 3. The third-order valence-corrected chi connectivity index (χ3v) is 6.22. The summed E-state index contributed by atoms with van der Waals surface area (Å²) in [5.41, 5.74) is 5.32. The van der Waals surface area contributed by atoms with Crippen molar-refractivity contribution >= 4 is 16.9 Å². The highest BCUT2D eigenvalue weighted by atomic mass is 16.5. The number of hydrogen-bond acceptors (Lipinski definition) is 3. The molecule has 5 nitrogen and oxygen atoms in total. The lowest BCUT2D eigenvalue weighted by Gasteiger charge is -2.13. The van der Waals surface area contributed by atoms with Gasteiger partial charge in [0.15, 0.2) is 0 Å². The molecule has 1 amide bonds. The van der Waals surface area contributed by atoms with Crippen molar-refractivity contribution in [2.24, 2.45) is 0 Å². The first-order valence-electron chi connectivity index (χ1n) is 11.5. The quantitative estimate of drug-likeness (QED) is 0.369. The lowest BCUT2D eigenvalue weighted by molar-refractivity contribution is 0.0954. The van der Waals surface area contributed by atoms with Crippen molar-refractivity contribution in [1.82, 2.24) is 14.9 Å². The second-order valence-electron chi connectivity index (χ2n) is 8.39. The van der Waals surface area contributed by atoms with Crippen LogP contribution in [0.2, 0.25) is 0 Å². The normalized spacial score (nSPS) is 12.0. The fraction of sp³-hybridized carbons (Fsp3) is 0.286. The molecule has 0 bridgehead atoms. The summed E-state index contributed by atoms with van der Waals surface area (Å²) in [4.78, 5) is 17.4. The first-order chi connectivity index (χ1) is 16.1. The molecule has 4 rings (SSSR count). The number of hydrogen-bond donors (Lipinski definition) is 1. The van der Waals surface area contributed by atoms with Crippen molar-refractivity contribution in [3.8, 4) is 5.75 Å². The number of methoxy groups -OCH3 is 1. The number of fused-ring (bicyclic) bond motifs is 1. The van der Waals surface area contributed by atoms with Crippen LogP contribution in [-0.2, 0) is 13.0 Å². The van der Waals surface area contributed by atoms with Gasteiger partial charge in [-0.05, 0) is 59.9 Å². The SMILES string of the molecule is CCC(C)c1ccc(Cn2c(CCNC(=O)c3ccc(OC)cc3)nc3ccccc32)cc1. The van der Waals surface area contributed by atoms with Gasteiger partial charge in [-0.3, -0.25) is 4.79 Å². The van der Waals surface area contributed by atoms with Crippen LogP contribution in [0.15, 0.2) is 72.8 Å². The van der Waals surface area contributed by atoms with Gasteiger partial charge in [-0.1, -0.05) is 50.2 Å². The molecule has 0 spiro atoms. The highest BCUT2D eigenvalue weighted by Crippen LogP contribution is 2.22. The maximum absolute atomic E-state index is 12.5. The average Bonchev–Trinajstić information content (AvgIpc) is 3.21. The topological polar surface area (TPSA) is 56.2 Å². The molecule has 0 aliphatic heterocycles. The van der Waals surface area contributed by atoms with E-state index in [1.807, 2.05) is 18.2 Å². The molecule has 1 heterocycles. The van der Waals surface area contributed by atoms with Gasteiger partial charge in [-0.15, -0.1) is 0 Å². The maximum atomic E-state index is 12.5. The van der Waals surface area contributed by atoms with Gasteiger partial charge in [0.1, 0.15) is 11.6 Å². The van der Waals surface area contributed by atoms with Gasteiger partial charge in [-0.2, -0.15) is 0 Å². The Morgan fingerprint density at radius 1 is 1.03 bits per heavy atom. The van der Waals surface area contributed by atoms with Crippen LogP contribution < -0.4 is 10.1 Å². The Morgan fingerprint density at radius 3 is 2.45 bits per heavy atom. The third kappa shape index (κ3) is 5.25. The molecule has 4 aromatic rings. The van der Waals surface area contributed by atoms with Gasteiger partial charge < -0.3 is 14.6 Å². The zero-order chi connectivity index (χ0) is 23.2. The van der Waals surface area contributed by atoms with E-state index in [-0.39, 0.29) is 5.91 Å². The number of nitrogens with one attached hydrogen (secondary N) is 1. The second kappa shape index (κ2) is 10.3. The molecule has 0 saturated heterocycles. The zero-order valence-corrected chi connectivity index (χ0v) is 19.5. The van der Waals surface area contributed by atoms with Crippen molar-refractivity contribution in [3.05, 3.63) is 95.3 Å². The van der Waals surface area contributed by atoms with E-state index in [1.54, 1.807) is 31.4 Å². The number of aromatic nitrogens is 2. The van der Waals surface area contributed by atoms with E-state index in [2.05, 4.69) is 54.1 Å². The van der Waals surface area contributed by atoms with Crippen LogP contribution in [0, 0.1) is 0 Å². The lowest BCUT2D eigenvalue weighted by Crippen LogP contribution is -2.26. The number of ether oxygens (including phenoxy) is 1. The molecule has 0 aliphatic rings. The fourth-order valence-corrected chi connectivity index (χ4v) is 3.99. The smallest absolute Gasteiger partial charge is 0.251 e. The molecule has 0 saturated carbocycles. The standard InChI is InChI=1S/C28H31N3O2/c1-4-20(2)22-11-9-21(10-12-22)19-31-26-8-6-5-7-25(26)30-27(31)17-18-29-28(32)23-13-15-24(33-3)16-14-23/h5-16,20H,4,17-19H2,1-3H3,(H,29,32). The summed E-state index contributed by atoms with van der Waals surface area (Å²) < 4.78 is 7.42. The van der Waals surface area contributed by atoms with Gasteiger partial charge in [0.2, 0.25) is 0 Å². The van der Waals surface area contributed by atoms with Gasteiger partial charge in [0, 0.05) is 25.1 Å². The molecule has 3 aromatic carbocycles. The molecule has 1 N–H and O–H groups in total. The molecule has 1 aromatic heterocycles. The summed E-state index contributed by atoms with van der Waals surface area (Å²) in [7, 11) is 1.61. The van der Waals surface area contributed by atoms with E-state index in [1.165, 1.54) is 11.1 Å². The monoisotopic (exact) mass is 441 g/mol. The Kier molecular flexibility index (Phi) is 7.08. The van der Waals surface area contributed by atoms with Crippen LogP contribution in [0.3, 0.4) is 0 Å². The van der Waals surface area contributed by atoms with Crippen LogP contribution in [0.5, 0.6) is 5.75 Å². The Balaban J connectivity index is 1.48. The van der Waals surface area contributed by atoms with E-state index >= 15 is 0 Å². The van der Waals surface area contributed by atoms with E-state index in [4.69, 9.17) is 9.72 Å². The number of nitrogens with zero attached hydrogens (tertiary/aromatic N) is 2. The molecular formula is C28H31N3O2. The molecular weight excluding hydrogens is 410 g/mol. The first-order valence-corrected chi connectivity index (χ1v) is 11.5. The Hall–Kier alpha value is -3.60. The van der Waals surface area contributed by atoms with Crippen LogP contribution in [-0.4, -0.2) is 29.1 Å². The largest absolute Gasteiger partial charge is 0.497 e. The summed E-state index contributed by atoms with van der Waals surface area (Å²) >= 11 is 0. The molecule has 0 aliphatic carbocycles. The van der Waals surface area contributed by atoms with E-state index in [9.17, 15) is 4.79 Å². The predicted octanol–water partition coefficient (Wildman–Crippen LogP) is 5.58. The van der Waals surface area contributed by atoms with E-state index in [0.29, 0.717) is 24.4 Å². The highest BCUT2D eigenvalue weighted by Gasteiger charge is 2.12. The second-order valence-corrected chi connectivity index (χ2v) is 8.39. The number of para-hydroxylation sites is 2. The van der Waals surface area contributed by atoms with Crippen LogP contribution in [0.4, 0.5) is 0 Å². The minimum Gasteiger partial charge on any atom is -0.497 e. The molecule has 5 heteroatoms. The number of amides is 1. The summed E-state index contributed by atoms with van der Waals surface area (Å²) in [5.74, 6) is 2.17. The number of carbonyl (C=O) groups excluding carboxylic acids is 1. The number of imidazole rings is 1. The minimum absolute atomic E-state index is 0.0963. The van der Waals surface area contributed by atoms with Crippen molar-refractivity contribution in [3.63, 3.8) is 0 Å². The van der Waals surface area contributed by atoms with Gasteiger partial charge in [0.25, 0.3) is 5.91 Å². The van der Waals surface area contributed by atoms with Crippen molar-refractivity contribution in [1.29, 1.82) is 0 Å². The molecule has 1 unspecified atom stereocenters. The number of rotatable bonds is 9. The Bertz CT molecular complexity index is 1210. The van der Waals surface area contributed by atoms with Crippen molar-refractivity contribution in [2.45, 2.75) is 39.2 Å². The van der Waals surface area contributed by atoms with Gasteiger partial charge in [0.05, 0.1) is 18.1 Å². The summed E-state index contributed by atoms with van der Waals surface area (Å²) in [6.45, 7) is 5.75.